The molecule has 0 amide bonds. The third-order valence-electron chi connectivity index (χ3n) is 2.60. The molecule has 0 saturated carbocycles. The molecule has 100 valence electrons. The van der Waals surface area contributed by atoms with Crippen molar-refractivity contribution in [2.75, 3.05) is 45.6 Å². The van der Waals surface area contributed by atoms with Gasteiger partial charge in [-0.15, -0.1) is 0 Å². The maximum Gasteiger partial charge on any atom is 0.231 e. The van der Waals surface area contributed by atoms with Gasteiger partial charge in [0.25, 0.3) is 0 Å². The SMILES string of the molecule is COCCOCCCNc1ccc2c(c1)OCO2. The molecular formula is C13H19NO4. The monoisotopic (exact) mass is 253 g/mol. The van der Waals surface area contributed by atoms with Crippen LogP contribution in [0, 0.1) is 0 Å². The molecule has 5 heteroatoms. The Morgan fingerprint density at radius 3 is 2.94 bits per heavy atom. The average Bonchev–Trinajstić information content (AvgIpc) is 2.85. The van der Waals surface area contributed by atoms with E-state index in [0.29, 0.717) is 20.0 Å². The van der Waals surface area contributed by atoms with Crippen LogP contribution in [0.2, 0.25) is 0 Å². The van der Waals surface area contributed by atoms with E-state index < -0.39 is 0 Å². The number of rotatable bonds is 8. The zero-order chi connectivity index (χ0) is 12.6. The fraction of sp³-hybridized carbons (Fsp3) is 0.538. The van der Waals surface area contributed by atoms with Crippen molar-refractivity contribution in [3.63, 3.8) is 0 Å². The lowest BCUT2D eigenvalue weighted by molar-refractivity contribution is 0.0705. The molecule has 0 spiro atoms. The summed E-state index contributed by atoms with van der Waals surface area (Å²) in [4.78, 5) is 0. The molecule has 18 heavy (non-hydrogen) atoms. The van der Waals surface area contributed by atoms with E-state index >= 15 is 0 Å². The van der Waals surface area contributed by atoms with Gasteiger partial charge in [-0.25, -0.2) is 0 Å². The lowest BCUT2D eigenvalue weighted by atomic mass is 10.2. The largest absolute Gasteiger partial charge is 0.454 e. The number of methoxy groups -OCH3 is 1. The van der Waals surface area contributed by atoms with Crippen LogP contribution in [0.25, 0.3) is 0 Å². The van der Waals surface area contributed by atoms with E-state index in [4.69, 9.17) is 18.9 Å². The maximum absolute atomic E-state index is 5.38. The second kappa shape index (κ2) is 7.08. The number of benzene rings is 1. The summed E-state index contributed by atoms with van der Waals surface area (Å²) in [6.07, 6.45) is 0.957. The van der Waals surface area contributed by atoms with E-state index in [2.05, 4.69) is 5.32 Å². The number of anilines is 1. The molecule has 0 bridgehead atoms. The van der Waals surface area contributed by atoms with Crippen LogP contribution < -0.4 is 14.8 Å². The van der Waals surface area contributed by atoms with Gasteiger partial charge in [0.2, 0.25) is 6.79 Å². The zero-order valence-electron chi connectivity index (χ0n) is 10.6. The Kier molecular flexibility index (Phi) is 5.11. The van der Waals surface area contributed by atoms with E-state index in [1.54, 1.807) is 7.11 Å². The summed E-state index contributed by atoms with van der Waals surface area (Å²) in [5, 5.41) is 3.32. The second-order valence-electron chi connectivity index (χ2n) is 3.95. The number of ether oxygens (including phenoxy) is 4. The molecule has 0 fully saturated rings. The minimum Gasteiger partial charge on any atom is -0.454 e. The summed E-state index contributed by atoms with van der Waals surface area (Å²) >= 11 is 0. The van der Waals surface area contributed by atoms with Gasteiger partial charge in [0.05, 0.1) is 13.2 Å². The first-order chi connectivity index (χ1) is 8.90. The first-order valence-corrected chi connectivity index (χ1v) is 6.10. The van der Waals surface area contributed by atoms with Crippen LogP contribution >= 0.6 is 0 Å². The van der Waals surface area contributed by atoms with Crippen molar-refractivity contribution in [2.45, 2.75) is 6.42 Å². The first-order valence-electron chi connectivity index (χ1n) is 6.10. The van der Waals surface area contributed by atoms with E-state index in [9.17, 15) is 0 Å². The molecule has 1 aliphatic rings. The number of fused-ring (bicyclic) bond motifs is 1. The Morgan fingerprint density at radius 1 is 1.17 bits per heavy atom. The van der Waals surface area contributed by atoms with Gasteiger partial charge in [0, 0.05) is 32.0 Å². The summed E-state index contributed by atoms with van der Waals surface area (Å²) in [6.45, 7) is 3.22. The van der Waals surface area contributed by atoms with Gasteiger partial charge in [0.15, 0.2) is 11.5 Å². The maximum atomic E-state index is 5.38. The Hall–Kier alpha value is -1.46. The van der Waals surface area contributed by atoms with E-state index in [1.807, 2.05) is 18.2 Å². The van der Waals surface area contributed by atoms with Gasteiger partial charge in [-0.2, -0.15) is 0 Å². The van der Waals surface area contributed by atoms with Crippen LogP contribution in [-0.2, 0) is 9.47 Å². The lowest BCUT2D eigenvalue weighted by Gasteiger charge is -2.07. The standard InChI is InChI=1S/C13H19NO4/c1-15-7-8-16-6-2-5-14-11-3-4-12-13(9-11)18-10-17-12/h3-4,9,14H,2,5-8,10H2,1H3. The van der Waals surface area contributed by atoms with Gasteiger partial charge in [0.1, 0.15) is 0 Å². The molecule has 1 aromatic carbocycles. The Bertz CT molecular complexity index is 370. The molecule has 0 atom stereocenters. The van der Waals surface area contributed by atoms with Gasteiger partial charge in [-0.1, -0.05) is 0 Å². The Balaban J connectivity index is 1.62. The normalized spacial score (nSPS) is 12.7. The van der Waals surface area contributed by atoms with Crippen molar-refractivity contribution in [1.82, 2.24) is 0 Å². The fourth-order valence-corrected chi connectivity index (χ4v) is 1.66. The average molecular weight is 253 g/mol. The van der Waals surface area contributed by atoms with E-state index in [1.165, 1.54) is 0 Å². The Morgan fingerprint density at radius 2 is 2.06 bits per heavy atom. The molecule has 0 saturated heterocycles. The van der Waals surface area contributed by atoms with Gasteiger partial charge in [-0.3, -0.25) is 0 Å². The fourth-order valence-electron chi connectivity index (χ4n) is 1.66. The predicted octanol–water partition coefficient (Wildman–Crippen LogP) is 1.88. The summed E-state index contributed by atoms with van der Waals surface area (Å²) in [5.41, 5.74) is 1.04. The smallest absolute Gasteiger partial charge is 0.231 e. The number of nitrogens with one attached hydrogen (secondary N) is 1. The van der Waals surface area contributed by atoms with Crippen LogP contribution in [-0.4, -0.2) is 40.3 Å². The highest BCUT2D eigenvalue weighted by Gasteiger charge is 2.12. The van der Waals surface area contributed by atoms with Crippen LogP contribution in [0.15, 0.2) is 18.2 Å². The van der Waals surface area contributed by atoms with Gasteiger partial charge in [-0.05, 0) is 18.6 Å². The minimum absolute atomic E-state index is 0.312. The van der Waals surface area contributed by atoms with Crippen molar-refractivity contribution in [3.05, 3.63) is 18.2 Å². The summed E-state index contributed by atoms with van der Waals surface area (Å²) in [7, 11) is 1.67. The highest BCUT2D eigenvalue weighted by atomic mass is 16.7. The molecule has 0 unspecified atom stereocenters. The first kappa shape index (κ1) is 13.0. The minimum atomic E-state index is 0.312. The quantitative estimate of drug-likeness (QED) is 0.717. The number of hydrogen-bond acceptors (Lipinski definition) is 5. The summed E-state index contributed by atoms with van der Waals surface area (Å²) < 4.78 is 20.8. The summed E-state index contributed by atoms with van der Waals surface area (Å²) in [5.74, 6) is 1.61. The van der Waals surface area contributed by atoms with E-state index in [-0.39, 0.29) is 0 Å². The molecule has 1 aromatic rings. The zero-order valence-corrected chi connectivity index (χ0v) is 10.6. The third kappa shape index (κ3) is 3.78. The summed E-state index contributed by atoms with van der Waals surface area (Å²) in [6, 6.07) is 5.85. The molecule has 2 rings (SSSR count). The topological polar surface area (TPSA) is 49.0 Å². The van der Waals surface area contributed by atoms with Crippen molar-refractivity contribution in [2.24, 2.45) is 0 Å². The van der Waals surface area contributed by atoms with Crippen molar-refractivity contribution in [1.29, 1.82) is 0 Å². The van der Waals surface area contributed by atoms with Crippen LogP contribution in [0.3, 0.4) is 0 Å². The van der Waals surface area contributed by atoms with Crippen molar-refractivity contribution < 1.29 is 18.9 Å². The highest BCUT2D eigenvalue weighted by Crippen LogP contribution is 2.34. The Labute approximate surface area is 107 Å². The third-order valence-corrected chi connectivity index (χ3v) is 2.60. The van der Waals surface area contributed by atoms with Gasteiger partial charge >= 0.3 is 0 Å². The molecule has 1 N–H and O–H groups in total. The molecule has 5 nitrogen and oxygen atoms in total. The van der Waals surface area contributed by atoms with Crippen LogP contribution in [0.1, 0.15) is 6.42 Å². The van der Waals surface area contributed by atoms with Crippen LogP contribution in [0.5, 0.6) is 11.5 Å². The molecule has 0 aliphatic carbocycles. The lowest BCUT2D eigenvalue weighted by Crippen LogP contribution is -2.08. The van der Waals surface area contributed by atoms with Crippen LogP contribution in [0.4, 0.5) is 5.69 Å². The number of hydrogen-bond donors (Lipinski definition) is 1. The molecule has 1 heterocycles. The molecule has 1 aliphatic heterocycles. The van der Waals surface area contributed by atoms with E-state index in [0.717, 1.165) is 36.8 Å². The predicted molar refractivity (Wildman–Crippen MR) is 68.4 cm³/mol. The molecular weight excluding hydrogens is 234 g/mol. The van der Waals surface area contributed by atoms with Crippen molar-refractivity contribution in [3.8, 4) is 11.5 Å². The van der Waals surface area contributed by atoms with Gasteiger partial charge < -0.3 is 24.3 Å². The molecule has 0 aromatic heterocycles. The molecule has 0 radical (unpaired) electrons. The van der Waals surface area contributed by atoms with Crippen molar-refractivity contribution >= 4 is 5.69 Å². The second-order valence-corrected chi connectivity index (χ2v) is 3.95. The highest BCUT2D eigenvalue weighted by molar-refractivity contribution is 5.55.